The van der Waals surface area contributed by atoms with Gasteiger partial charge in [0.1, 0.15) is 5.76 Å². The van der Waals surface area contributed by atoms with Crippen molar-refractivity contribution >= 4 is 17.5 Å². The zero-order valence-corrected chi connectivity index (χ0v) is 15.6. The van der Waals surface area contributed by atoms with Gasteiger partial charge < -0.3 is 9.73 Å². The molecule has 6 nitrogen and oxygen atoms in total. The molecule has 2 aromatic rings. The Morgan fingerprint density at radius 3 is 2.38 bits per heavy atom. The van der Waals surface area contributed by atoms with E-state index in [-0.39, 0.29) is 23.7 Å². The molecule has 0 aliphatic rings. The Morgan fingerprint density at radius 2 is 1.81 bits per heavy atom. The lowest BCUT2D eigenvalue weighted by atomic mass is 9.87. The van der Waals surface area contributed by atoms with E-state index in [1.54, 1.807) is 37.5 Å². The van der Waals surface area contributed by atoms with E-state index >= 15 is 0 Å². The van der Waals surface area contributed by atoms with Crippen molar-refractivity contribution in [1.82, 2.24) is 10.7 Å². The Morgan fingerprint density at radius 1 is 1.12 bits per heavy atom. The summed E-state index contributed by atoms with van der Waals surface area (Å²) in [7, 11) is 0. The maximum absolute atomic E-state index is 12.1. The standard InChI is InChI=1S/C20H25N3O3/c1-14(12-18(24)21-13-17-6-5-11-26-17)22-23-19(25)15-7-9-16(10-8-15)20(2,3)4/h5-11H,12-13H2,1-4H3,(H,21,24)(H,23,25)/b22-14-. The van der Waals surface area contributed by atoms with Gasteiger partial charge in [0.15, 0.2) is 0 Å². The van der Waals surface area contributed by atoms with E-state index in [0.717, 1.165) is 5.56 Å². The number of hydrazone groups is 1. The first-order chi connectivity index (χ1) is 12.3. The average Bonchev–Trinajstić information content (AvgIpc) is 3.11. The summed E-state index contributed by atoms with van der Waals surface area (Å²) in [5, 5.41) is 6.72. The molecule has 0 aliphatic heterocycles. The van der Waals surface area contributed by atoms with Crippen LogP contribution in [0, 0.1) is 0 Å². The Labute approximate surface area is 153 Å². The number of hydrogen-bond donors (Lipinski definition) is 2. The molecular weight excluding hydrogens is 330 g/mol. The van der Waals surface area contributed by atoms with Crippen LogP contribution >= 0.6 is 0 Å². The quantitative estimate of drug-likeness (QED) is 0.615. The lowest BCUT2D eigenvalue weighted by molar-refractivity contribution is -0.120. The highest BCUT2D eigenvalue weighted by Gasteiger charge is 2.14. The van der Waals surface area contributed by atoms with E-state index in [1.807, 2.05) is 12.1 Å². The van der Waals surface area contributed by atoms with Crippen LogP contribution in [-0.4, -0.2) is 17.5 Å². The Balaban J connectivity index is 1.83. The first kappa shape index (κ1) is 19.4. The SMILES string of the molecule is C/C(CC(=O)NCc1ccco1)=N/NC(=O)c1ccc(C(C)(C)C)cc1. The number of furan rings is 1. The smallest absolute Gasteiger partial charge is 0.271 e. The number of nitrogens with one attached hydrogen (secondary N) is 2. The minimum Gasteiger partial charge on any atom is -0.467 e. The van der Waals surface area contributed by atoms with Crippen LogP contribution in [0.1, 0.15) is 55.8 Å². The summed E-state index contributed by atoms with van der Waals surface area (Å²) in [6.45, 7) is 8.37. The second-order valence-corrected chi connectivity index (χ2v) is 7.15. The molecule has 2 rings (SSSR count). The third kappa shape index (κ3) is 5.88. The molecule has 0 bridgehead atoms. The van der Waals surface area contributed by atoms with E-state index in [4.69, 9.17) is 4.42 Å². The van der Waals surface area contributed by atoms with Crippen molar-refractivity contribution in [3.05, 3.63) is 59.5 Å². The number of hydrogen-bond acceptors (Lipinski definition) is 4. The van der Waals surface area contributed by atoms with Gasteiger partial charge in [-0.3, -0.25) is 9.59 Å². The zero-order chi connectivity index (χ0) is 19.2. The second-order valence-electron chi connectivity index (χ2n) is 7.15. The van der Waals surface area contributed by atoms with Gasteiger partial charge in [0.25, 0.3) is 5.91 Å². The molecule has 2 N–H and O–H groups in total. The largest absolute Gasteiger partial charge is 0.467 e. The highest BCUT2D eigenvalue weighted by atomic mass is 16.3. The number of amides is 2. The van der Waals surface area contributed by atoms with Crippen LogP contribution in [0.2, 0.25) is 0 Å². The molecule has 2 amide bonds. The first-order valence-electron chi connectivity index (χ1n) is 8.49. The summed E-state index contributed by atoms with van der Waals surface area (Å²) < 4.78 is 5.14. The van der Waals surface area contributed by atoms with Gasteiger partial charge in [0, 0.05) is 11.3 Å². The van der Waals surface area contributed by atoms with E-state index in [0.29, 0.717) is 23.6 Å². The second kappa shape index (κ2) is 8.47. The van der Waals surface area contributed by atoms with Crippen LogP contribution in [0.3, 0.4) is 0 Å². The van der Waals surface area contributed by atoms with Gasteiger partial charge in [-0.25, -0.2) is 5.43 Å². The molecule has 6 heteroatoms. The van der Waals surface area contributed by atoms with Crippen molar-refractivity contribution in [1.29, 1.82) is 0 Å². The molecule has 1 aromatic heterocycles. The van der Waals surface area contributed by atoms with Crippen LogP contribution in [0.4, 0.5) is 0 Å². The Hall–Kier alpha value is -2.89. The fourth-order valence-electron chi connectivity index (χ4n) is 2.27. The van der Waals surface area contributed by atoms with Gasteiger partial charge in [0.2, 0.25) is 5.91 Å². The number of carbonyl (C=O) groups excluding carboxylic acids is 2. The van der Waals surface area contributed by atoms with Crippen LogP contribution in [0.5, 0.6) is 0 Å². The Bertz CT molecular complexity index is 770. The molecule has 0 unspecified atom stereocenters. The molecule has 0 aliphatic carbocycles. The molecule has 0 saturated carbocycles. The van der Waals surface area contributed by atoms with Crippen LogP contribution in [0.15, 0.2) is 52.2 Å². The molecule has 26 heavy (non-hydrogen) atoms. The molecular formula is C20H25N3O3. The fraction of sp³-hybridized carbons (Fsp3) is 0.350. The topological polar surface area (TPSA) is 83.7 Å². The van der Waals surface area contributed by atoms with Crippen molar-refractivity contribution in [3.8, 4) is 0 Å². The summed E-state index contributed by atoms with van der Waals surface area (Å²) in [6, 6.07) is 11.0. The van der Waals surface area contributed by atoms with Crippen LogP contribution in [0.25, 0.3) is 0 Å². The first-order valence-corrected chi connectivity index (χ1v) is 8.49. The molecule has 0 radical (unpaired) electrons. The van der Waals surface area contributed by atoms with Gasteiger partial charge in [-0.1, -0.05) is 32.9 Å². The van der Waals surface area contributed by atoms with Gasteiger partial charge in [-0.2, -0.15) is 5.10 Å². The third-order valence-corrected chi connectivity index (χ3v) is 3.82. The molecule has 0 atom stereocenters. The molecule has 138 valence electrons. The van der Waals surface area contributed by atoms with Crippen molar-refractivity contribution in [2.24, 2.45) is 5.10 Å². The van der Waals surface area contributed by atoms with Gasteiger partial charge >= 0.3 is 0 Å². The van der Waals surface area contributed by atoms with Crippen molar-refractivity contribution < 1.29 is 14.0 Å². The monoisotopic (exact) mass is 355 g/mol. The van der Waals surface area contributed by atoms with E-state index in [2.05, 4.69) is 36.6 Å². The van der Waals surface area contributed by atoms with Crippen molar-refractivity contribution in [2.45, 2.75) is 46.1 Å². The fourth-order valence-corrected chi connectivity index (χ4v) is 2.27. The van der Waals surface area contributed by atoms with Crippen molar-refractivity contribution in [2.75, 3.05) is 0 Å². The molecule has 1 heterocycles. The Kier molecular flexibility index (Phi) is 6.33. The highest BCUT2D eigenvalue weighted by molar-refractivity contribution is 6.01. The maximum Gasteiger partial charge on any atom is 0.271 e. The van der Waals surface area contributed by atoms with E-state index in [9.17, 15) is 9.59 Å². The minimum atomic E-state index is -0.305. The maximum atomic E-state index is 12.1. The average molecular weight is 355 g/mol. The summed E-state index contributed by atoms with van der Waals surface area (Å²) in [4.78, 5) is 24.0. The molecule has 0 saturated heterocycles. The molecule has 0 fully saturated rings. The highest BCUT2D eigenvalue weighted by Crippen LogP contribution is 2.22. The zero-order valence-electron chi connectivity index (χ0n) is 15.6. The number of nitrogens with zero attached hydrogens (tertiary/aromatic N) is 1. The summed E-state index contributed by atoms with van der Waals surface area (Å²) in [5.74, 6) is 0.187. The summed E-state index contributed by atoms with van der Waals surface area (Å²) in [5.41, 5.74) is 4.71. The predicted molar refractivity (Wildman–Crippen MR) is 101 cm³/mol. The molecule has 0 spiro atoms. The number of carbonyl (C=O) groups is 2. The lowest BCUT2D eigenvalue weighted by Gasteiger charge is -2.18. The molecule has 1 aromatic carbocycles. The third-order valence-electron chi connectivity index (χ3n) is 3.82. The van der Waals surface area contributed by atoms with E-state index in [1.165, 1.54) is 0 Å². The number of rotatable bonds is 6. The summed E-state index contributed by atoms with van der Waals surface area (Å²) in [6.07, 6.45) is 1.65. The van der Waals surface area contributed by atoms with Gasteiger partial charge in [-0.15, -0.1) is 0 Å². The van der Waals surface area contributed by atoms with Crippen molar-refractivity contribution in [3.63, 3.8) is 0 Å². The van der Waals surface area contributed by atoms with Crippen LogP contribution in [-0.2, 0) is 16.8 Å². The predicted octanol–water partition coefficient (Wildman–Crippen LogP) is 3.39. The lowest BCUT2D eigenvalue weighted by Crippen LogP contribution is -2.26. The number of benzene rings is 1. The van der Waals surface area contributed by atoms with Gasteiger partial charge in [-0.05, 0) is 42.2 Å². The van der Waals surface area contributed by atoms with Gasteiger partial charge in [0.05, 0.1) is 19.2 Å². The van der Waals surface area contributed by atoms with E-state index < -0.39 is 0 Å². The minimum absolute atomic E-state index is 0.0345. The normalized spacial score (nSPS) is 11.9. The van der Waals surface area contributed by atoms with Crippen LogP contribution < -0.4 is 10.7 Å². The summed E-state index contributed by atoms with van der Waals surface area (Å²) >= 11 is 0.